The van der Waals surface area contributed by atoms with Gasteiger partial charge >= 0.3 is 0 Å². The summed E-state index contributed by atoms with van der Waals surface area (Å²) < 4.78 is 37.9. The van der Waals surface area contributed by atoms with Gasteiger partial charge in [-0.1, -0.05) is 6.92 Å². The van der Waals surface area contributed by atoms with Crippen molar-refractivity contribution in [2.24, 2.45) is 0 Å². The highest BCUT2D eigenvalue weighted by Gasteiger charge is 2.17. The maximum absolute atomic E-state index is 12.0. The highest BCUT2D eigenvalue weighted by atomic mass is 79.9. The SMILES string of the molecule is CCS(=O)CCNS(=O)(=O)c1ccc(N)cc1Br. The zero-order valence-corrected chi connectivity index (χ0v) is 13.1. The Bertz CT molecular complexity index is 546. The number of benzene rings is 1. The van der Waals surface area contributed by atoms with E-state index in [1.165, 1.54) is 18.2 Å². The largest absolute Gasteiger partial charge is 0.399 e. The van der Waals surface area contributed by atoms with Crippen molar-refractivity contribution in [1.82, 2.24) is 4.72 Å². The van der Waals surface area contributed by atoms with Crippen molar-refractivity contribution in [1.29, 1.82) is 0 Å². The van der Waals surface area contributed by atoms with Crippen molar-refractivity contribution in [3.8, 4) is 0 Å². The predicted octanol–water partition coefficient (Wildman–Crippen LogP) is 1.08. The molecule has 1 rings (SSSR count). The van der Waals surface area contributed by atoms with Gasteiger partial charge in [0, 0.05) is 39.0 Å². The first-order valence-electron chi connectivity index (χ1n) is 5.26. The van der Waals surface area contributed by atoms with Crippen LogP contribution in [-0.4, -0.2) is 30.7 Å². The Labute approximate surface area is 118 Å². The summed E-state index contributed by atoms with van der Waals surface area (Å²) in [6.07, 6.45) is 0. The van der Waals surface area contributed by atoms with E-state index in [-0.39, 0.29) is 11.4 Å². The molecule has 5 nitrogen and oxygen atoms in total. The van der Waals surface area contributed by atoms with Gasteiger partial charge in [-0.2, -0.15) is 0 Å². The normalized spacial score (nSPS) is 13.4. The van der Waals surface area contributed by atoms with Crippen LogP contribution in [0, 0.1) is 0 Å². The number of nitrogens with one attached hydrogen (secondary N) is 1. The molecule has 0 saturated heterocycles. The van der Waals surface area contributed by atoms with Gasteiger partial charge < -0.3 is 5.73 Å². The molecule has 1 aromatic carbocycles. The maximum atomic E-state index is 12.0. The zero-order chi connectivity index (χ0) is 13.8. The summed E-state index contributed by atoms with van der Waals surface area (Å²) in [4.78, 5) is 0.124. The zero-order valence-electron chi connectivity index (χ0n) is 9.85. The lowest BCUT2D eigenvalue weighted by Gasteiger charge is -2.08. The fourth-order valence-electron chi connectivity index (χ4n) is 1.25. The van der Waals surface area contributed by atoms with E-state index in [0.29, 0.717) is 21.7 Å². The molecule has 1 unspecified atom stereocenters. The van der Waals surface area contributed by atoms with Crippen molar-refractivity contribution in [2.45, 2.75) is 11.8 Å². The van der Waals surface area contributed by atoms with Gasteiger partial charge in [-0.3, -0.25) is 4.21 Å². The average Bonchev–Trinajstić information content (AvgIpc) is 2.27. The molecule has 102 valence electrons. The third kappa shape index (κ3) is 4.34. The van der Waals surface area contributed by atoms with Crippen molar-refractivity contribution >= 4 is 42.4 Å². The van der Waals surface area contributed by atoms with Crippen LogP contribution >= 0.6 is 15.9 Å². The third-order valence-corrected chi connectivity index (χ3v) is 5.93. The highest BCUT2D eigenvalue weighted by Crippen LogP contribution is 2.23. The first-order valence-corrected chi connectivity index (χ1v) is 9.03. The van der Waals surface area contributed by atoms with Crippen molar-refractivity contribution < 1.29 is 12.6 Å². The molecular formula is C10H15BrN2O3S2. The number of nitrogens with two attached hydrogens (primary N) is 1. The molecule has 0 spiro atoms. The Balaban J connectivity index is 2.77. The second-order valence-electron chi connectivity index (χ2n) is 3.52. The first-order chi connectivity index (χ1) is 8.36. The molecule has 1 atom stereocenters. The van der Waals surface area contributed by atoms with Crippen molar-refractivity contribution in [3.63, 3.8) is 0 Å². The molecule has 3 N–H and O–H groups in total. The lowest BCUT2D eigenvalue weighted by molar-refractivity contribution is 0.583. The van der Waals surface area contributed by atoms with E-state index in [1.54, 1.807) is 6.92 Å². The van der Waals surface area contributed by atoms with Crippen LogP contribution in [0.4, 0.5) is 5.69 Å². The molecule has 0 aliphatic rings. The number of rotatable bonds is 6. The number of halogens is 1. The topological polar surface area (TPSA) is 89.3 Å². The summed E-state index contributed by atoms with van der Waals surface area (Å²) in [6, 6.07) is 4.47. The van der Waals surface area contributed by atoms with Gasteiger partial charge in [0.1, 0.15) is 0 Å². The molecule has 0 saturated carbocycles. The highest BCUT2D eigenvalue weighted by molar-refractivity contribution is 9.10. The molecule has 0 aromatic heterocycles. The minimum atomic E-state index is -3.60. The van der Waals surface area contributed by atoms with Crippen LogP contribution in [0.3, 0.4) is 0 Å². The Morgan fingerprint density at radius 3 is 2.67 bits per heavy atom. The monoisotopic (exact) mass is 354 g/mol. The van der Waals surface area contributed by atoms with Crippen LogP contribution in [0.5, 0.6) is 0 Å². The third-order valence-electron chi connectivity index (χ3n) is 2.19. The Hall–Kier alpha value is -0.440. The minimum Gasteiger partial charge on any atom is -0.399 e. The van der Waals surface area contributed by atoms with Crippen LogP contribution < -0.4 is 10.5 Å². The Morgan fingerprint density at radius 1 is 1.44 bits per heavy atom. The van der Waals surface area contributed by atoms with Gasteiger partial charge in [-0.05, 0) is 34.1 Å². The summed E-state index contributed by atoms with van der Waals surface area (Å²) in [5.41, 5.74) is 6.02. The van der Waals surface area contributed by atoms with E-state index >= 15 is 0 Å². The van der Waals surface area contributed by atoms with Crippen LogP contribution in [0.15, 0.2) is 27.6 Å². The fourth-order valence-corrected chi connectivity index (χ4v) is 4.12. The lowest BCUT2D eigenvalue weighted by atomic mass is 10.3. The van der Waals surface area contributed by atoms with E-state index < -0.39 is 20.8 Å². The van der Waals surface area contributed by atoms with Crippen LogP contribution in [0.25, 0.3) is 0 Å². The quantitative estimate of drug-likeness (QED) is 0.748. The molecule has 0 radical (unpaired) electrons. The van der Waals surface area contributed by atoms with Gasteiger partial charge in [-0.15, -0.1) is 0 Å². The molecular weight excluding hydrogens is 340 g/mol. The Morgan fingerprint density at radius 2 is 2.11 bits per heavy atom. The van der Waals surface area contributed by atoms with Crippen LogP contribution in [-0.2, 0) is 20.8 Å². The van der Waals surface area contributed by atoms with E-state index in [1.807, 2.05) is 0 Å². The number of sulfonamides is 1. The number of hydrogen-bond donors (Lipinski definition) is 2. The second-order valence-corrected chi connectivity index (χ2v) is 7.98. The summed E-state index contributed by atoms with van der Waals surface area (Å²) in [5, 5.41) is 0. The van der Waals surface area contributed by atoms with Gasteiger partial charge in [0.05, 0.1) is 4.90 Å². The molecule has 0 aliphatic heterocycles. The summed E-state index contributed by atoms with van der Waals surface area (Å²) in [6.45, 7) is 1.95. The van der Waals surface area contributed by atoms with Crippen LogP contribution in [0.1, 0.15) is 6.92 Å². The van der Waals surface area contributed by atoms with Gasteiger partial charge in [-0.25, -0.2) is 13.1 Å². The number of hydrogen-bond acceptors (Lipinski definition) is 4. The standard InChI is InChI=1S/C10H15BrN2O3S2/c1-2-17(14)6-5-13-18(15,16)10-4-3-8(12)7-9(10)11/h3-4,7,13H,2,5-6,12H2,1H3. The smallest absolute Gasteiger partial charge is 0.241 e. The lowest BCUT2D eigenvalue weighted by Crippen LogP contribution is -2.28. The predicted molar refractivity (Wildman–Crippen MR) is 77.3 cm³/mol. The number of anilines is 1. The molecule has 0 amide bonds. The fraction of sp³-hybridized carbons (Fsp3) is 0.400. The summed E-state index contributed by atoms with van der Waals surface area (Å²) in [7, 11) is -4.58. The molecule has 8 heteroatoms. The van der Waals surface area contributed by atoms with E-state index in [9.17, 15) is 12.6 Å². The summed E-state index contributed by atoms with van der Waals surface area (Å²) in [5.74, 6) is 0.829. The van der Waals surface area contributed by atoms with Gasteiger partial charge in [0.15, 0.2) is 0 Å². The second kappa shape index (κ2) is 6.65. The average molecular weight is 355 g/mol. The van der Waals surface area contributed by atoms with E-state index in [0.717, 1.165) is 0 Å². The maximum Gasteiger partial charge on any atom is 0.241 e. The molecule has 0 bridgehead atoms. The van der Waals surface area contributed by atoms with Gasteiger partial charge in [0.2, 0.25) is 10.0 Å². The van der Waals surface area contributed by atoms with Gasteiger partial charge in [0.25, 0.3) is 0 Å². The van der Waals surface area contributed by atoms with E-state index in [4.69, 9.17) is 5.73 Å². The molecule has 0 fully saturated rings. The number of nitrogen functional groups attached to an aromatic ring is 1. The van der Waals surface area contributed by atoms with Crippen molar-refractivity contribution in [2.75, 3.05) is 23.8 Å². The molecule has 0 heterocycles. The van der Waals surface area contributed by atoms with Crippen LogP contribution in [0.2, 0.25) is 0 Å². The van der Waals surface area contributed by atoms with Crippen molar-refractivity contribution in [3.05, 3.63) is 22.7 Å². The summed E-state index contributed by atoms with van der Waals surface area (Å²) >= 11 is 3.16. The Kier molecular flexibility index (Phi) is 5.77. The van der Waals surface area contributed by atoms with E-state index in [2.05, 4.69) is 20.7 Å². The molecule has 18 heavy (non-hydrogen) atoms. The minimum absolute atomic E-state index is 0.124. The molecule has 0 aliphatic carbocycles. The first kappa shape index (κ1) is 15.6. The molecule has 1 aromatic rings.